The van der Waals surface area contributed by atoms with E-state index < -0.39 is 0 Å². The molecule has 24 heavy (non-hydrogen) atoms. The molecule has 2 saturated heterocycles. The van der Waals surface area contributed by atoms with Gasteiger partial charge in [-0.05, 0) is 12.8 Å². The lowest BCUT2D eigenvalue weighted by Crippen LogP contribution is -2.24. The maximum Gasteiger partial charge on any atom is 0.225 e. The average Bonchev–Trinajstić information content (AvgIpc) is 3.17. The molecular weight excluding hydrogens is 349 g/mol. The van der Waals surface area contributed by atoms with Crippen molar-refractivity contribution in [2.75, 3.05) is 37.8 Å². The van der Waals surface area contributed by atoms with Gasteiger partial charge in [-0.2, -0.15) is 0 Å². The lowest BCUT2D eigenvalue weighted by Gasteiger charge is -2.18. The van der Waals surface area contributed by atoms with Crippen LogP contribution in [-0.4, -0.2) is 42.9 Å². The normalized spacial score (nSPS) is 26.6. The van der Waals surface area contributed by atoms with Crippen molar-refractivity contribution < 1.29 is 9.47 Å². The highest BCUT2D eigenvalue weighted by atomic mass is 35.5. The summed E-state index contributed by atoms with van der Waals surface area (Å²) in [5.74, 6) is 2.59. The van der Waals surface area contributed by atoms with Gasteiger partial charge in [0.25, 0.3) is 0 Å². The zero-order chi connectivity index (χ0) is 16.5. The number of allylic oxidation sites excluding steroid dienone is 2. The highest BCUT2D eigenvalue weighted by Gasteiger charge is 2.38. The molecule has 1 aliphatic carbocycles. The Labute approximate surface area is 151 Å². The Balaban J connectivity index is 1.37. The third kappa shape index (κ3) is 3.25. The first-order valence-electron chi connectivity index (χ1n) is 8.22. The van der Waals surface area contributed by atoms with Gasteiger partial charge < -0.3 is 14.4 Å². The van der Waals surface area contributed by atoms with Crippen molar-refractivity contribution in [3.8, 4) is 5.75 Å². The number of fused-ring (bicyclic) bond motifs is 1. The molecule has 2 atom stereocenters. The second-order valence-electron chi connectivity index (χ2n) is 6.44. The second kappa shape index (κ2) is 6.90. The minimum atomic E-state index is 0.335. The molecule has 0 unspecified atom stereocenters. The fraction of sp³-hybridized carbons (Fsp3) is 0.529. The van der Waals surface area contributed by atoms with Crippen molar-refractivity contribution in [1.82, 2.24) is 9.97 Å². The first kappa shape index (κ1) is 16.2. The Kier molecular flexibility index (Phi) is 4.66. The Hall–Kier alpha value is -1.30. The van der Waals surface area contributed by atoms with Crippen LogP contribution in [0, 0.1) is 11.8 Å². The molecule has 7 heteroatoms. The third-order valence-electron chi connectivity index (χ3n) is 4.82. The standard InChI is InChI=1S/C17H19Cl2N3O2/c18-15-2-1-3-16(19)14(15)10-24-13-4-20-17(21-5-13)22-6-11-8-23-9-12(11)7-22/h2,4-5,11-12H,1,3,6-10H2/t11-,12+. The number of hydrogen-bond donors (Lipinski definition) is 0. The van der Waals surface area contributed by atoms with Crippen LogP contribution < -0.4 is 9.64 Å². The van der Waals surface area contributed by atoms with Gasteiger partial charge in [-0.1, -0.05) is 29.3 Å². The number of anilines is 1. The van der Waals surface area contributed by atoms with Crippen molar-refractivity contribution in [2.45, 2.75) is 12.8 Å². The van der Waals surface area contributed by atoms with Gasteiger partial charge in [0.05, 0.1) is 25.6 Å². The summed E-state index contributed by atoms with van der Waals surface area (Å²) < 4.78 is 11.3. The maximum atomic E-state index is 6.23. The lowest BCUT2D eigenvalue weighted by atomic mass is 10.0. The summed E-state index contributed by atoms with van der Waals surface area (Å²) in [6.45, 7) is 3.97. The fourth-order valence-corrected chi connectivity index (χ4v) is 4.02. The number of nitrogens with zero attached hydrogens (tertiary/aromatic N) is 3. The van der Waals surface area contributed by atoms with E-state index in [1.807, 2.05) is 6.08 Å². The minimum Gasteiger partial charge on any atom is -0.486 e. The monoisotopic (exact) mass is 367 g/mol. The molecule has 5 nitrogen and oxygen atoms in total. The van der Waals surface area contributed by atoms with E-state index in [9.17, 15) is 0 Å². The van der Waals surface area contributed by atoms with E-state index in [-0.39, 0.29) is 0 Å². The van der Waals surface area contributed by atoms with E-state index in [0.717, 1.165) is 55.7 Å². The largest absolute Gasteiger partial charge is 0.486 e. The van der Waals surface area contributed by atoms with Crippen LogP contribution in [-0.2, 0) is 4.74 Å². The molecule has 2 aliphatic heterocycles. The van der Waals surface area contributed by atoms with E-state index >= 15 is 0 Å². The number of halogens is 2. The van der Waals surface area contributed by atoms with Crippen molar-refractivity contribution >= 4 is 29.2 Å². The molecule has 128 valence electrons. The average molecular weight is 368 g/mol. The summed E-state index contributed by atoms with van der Waals surface area (Å²) in [7, 11) is 0. The minimum absolute atomic E-state index is 0.335. The summed E-state index contributed by atoms with van der Waals surface area (Å²) in [5.41, 5.74) is 0.848. The predicted octanol–water partition coefficient (Wildman–Crippen LogP) is 3.35. The van der Waals surface area contributed by atoms with Gasteiger partial charge in [-0.15, -0.1) is 0 Å². The molecule has 0 spiro atoms. The molecular formula is C17H19Cl2N3O2. The first-order chi connectivity index (χ1) is 11.7. The van der Waals surface area contributed by atoms with Gasteiger partial charge >= 0.3 is 0 Å². The van der Waals surface area contributed by atoms with E-state index in [1.165, 1.54) is 0 Å². The van der Waals surface area contributed by atoms with Crippen LogP contribution in [0.5, 0.6) is 5.75 Å². The quantitative estimate of drug-likeness (QED) is 0.816. The van der Waals surface area contributed by atoms with Crippen LogP contribution in [0.4, 0.5) is 5.95 Å². The van der Waals surface area contributed by atoms with Gasteiger partial charge in [0.1, 0.15) is 6.61 Å². The van der Waals surface area contributed by atoms with Gasteiger partial charge in [0.2, 0.25) is 5.95 Å². The number of rotatable bonds is 4. The van der Waals surface area contributed by atoms with Gasteiger partial charge in [-0.3, -0.25) is 0 Å². The summed E-state index contributed by atoms with van der Waals surface area (Å²) >= 11 is 12.4. The van der Waals surface area contributed by atoms with Crippen LogP contribution in [0.15, 0.2) is 34.1 Å². The summed E-state index contributed by atoms with van der Waals surface area (Å²) in [5, 5.41) is 1.44. The van der Waals surface area contributed by atoms with Crippen LogP contribution in [0.1, 0.15) is 12.8 Å². The summed E-state index contributed by atoms with van der Waals surface area (Å²) in [6.07, 6.45) is 7.08. The lowest BCUT2D eigenvalue weighted by molar-refractivity contribution is 0.177. The Morgan fingerprint density at radius 3 is 2.54 bits per heavy atom. The highest BCUT2D eigenvalue weighted by molar-refractivity contribution is 6.36. The van der Waals surface area contributed by atoms with Crippen molar-refractivity contribution in [1.29, 1.82) is 0 Å². The van der Waals surface area contributed by atoms with Crippen LogP contribution >= 0.6 is 23.2 Å². The van der Waals surface area contributed by atoms with E-state index in [1.54, 1.807) is 12.4 Å². The molecule has 0 saturated carbocycles. The molecule has 0 bridgehead atoms. The molecule has 0 radical (unpaired) electrons. The molecule has 2 fully saturated rings. The molecule has 1 aromatic heterocycles. The highest BCUT2D eigenvalue weighted by Crippen LogP contribution is 2.32. The first-order valence-corrected chi connectivity index (χ1v) is 8.97. The molecule has 3 heterocycles. The molecule has 0 N–H and O–H groups in total. The SMILES string of the molecule is ClC1=CCCC(Cl)=C1COc1cnc(N2C[C@H]3COC[C@H]3C2)nc1. The molecule has 0 aromatic carbocycles. The molecule has 4 rings (SSSR count). The topological polar surface area (TPSA) is 47.5 Å². The van der Waals surface area contributed by atoms with Crippen molar-refractivity contribution in [2.24, 2.45) is 11.8 Å². The molecule has 0 amide bonds. The number of ether oxygens (including phenoxy) is 2. The van der Waals surface area contributed by atoms with Gasteiger partial charge in [0, 0.05) is 40.6 Å². The van der Waals surface area contributed by atoms with Gasteiger partial charge in [-0.25, -0.2) is 9.97 Å². The zero-order valence-corrected chi connectivity index (χ0v) is 14.8. The number of aromatic nitrogens is 2. The third-order valence-corrected chi connectivity index (χ3v) is 5.62. The van der Waals surface area contributed by atoms with Crippen LogP contribution in [0.2, 0.25) is 0 Å². The Bertz CT molecular complexity index is 663. The molecule has 3 aliphatic rings. The van der Waals surface area contributed by atoms with Gasteiger partial charge in [0.15, 0.2) is 5.75 Å². The summed E-state index contributed by atoms with van der Waals surface area (Å²) in [4.78, 5) is 11.1. The zero-order valence-electron chi connectivity index (χ0n) is 13.3. The van der Waals surface area contributed by atoms with E-state index in [0.29, 0.717) is 29.2 Å². The smallest absolute Gasteiger partial charge is 0.225 e. The Morgan fingerprint density at radius 1 is 1.17 bits per heavy atom. The molecule has 1 aromatic rings. The number of hydrogen-bond acceptors (Lipinski definition) is 5. The maximum absolute atomic E-state index is 6.23. The second-order valence-corrected chi connectivity index (χ2v) is 7.31. The Morgan fingerprint density at radius 2 is 1.88 bits per heavy atom. The van der Waals surface area contributed by atoms with E-state index in [4.69, 9.17) is 32.7 Å². The van der Waals surface area contributed by atoms with Crippen molar-refractivity contribution in [3.05, 3.63) is 34.1 Å². The van der Waals surface area contributed by atoms with Crippen LogP contribution in [0.25, 0.3) is 0 Å². The summed E-state index contributed by atoms with van der Waals surface area (Å²) in [6, 6.07) is 0. The van der Waals surface area contributed by atoms with Crippen LogP contribution in [0.3, 0.4) is 0 Å². The van der Waals surface area contributed by atoms with E-state index in [2.05, 4.69) is 14.9 Å². The van der Waals surface area contributed by atoms with Crippen molar-refractivity contribution in [3.63, 3.8) is 0 Å². The fourth-order valence-electron chi connectivity index (χ4n) is 3.43. The predicted molar refractivity (Wildman–Crippen MR) is 93.6 cm³/mol.